The zero-order chi connectivity index (χ0) is 9.26. The van der Waals surface area contributed by atoms with E-state index in [0.29, 0.717) is 0 Å². The molecule has 1 fully saturated rings. The van der Waals surface area contributed by atoms with E-state index in [1.807, 2.05) is 7.05 Å². The fourth-order valence-electron chi connectivity index (χ4n) is 1.97. The van der Waals surface area contributed by atoms with E-state index in [1.54, 1.807) is 17.1 Å². The van der Waals surface area contributed by atoms with E-state index in [9.17, 15) is 4.79 Å². The first-order chi connectivity index (χ1) is 6.27. The molecule has 3 nitrogen and oxygen atoms in total. The fourth-order valence-corrected chi connectivity index (χ4v) is 1.97. The summed E-state index contributed by atoms with van der Waals surface area (Å²) >= 11 is 0. The van der Waals surface area contributed by atoms with E-state index in [1.165, 1.54) is 12.8 Å². The van der Waals surface area contributed by atoms with Gasteiger partial charge in [0.25, 0.3) is 0 Å². The molecule has 0 radical (unpaired) electrons. The highest BCUT2D eigenvalue weighted by molar-refractivity contribution is 5.97. The van der Waals surface area contributed by atoms with Gasteiger partial charge in [0.05, 0.1) is 11.8 Å². The van der Waals surface area contributed by atoms with Gasteiger partial charge in [0.15, 0.2) is 5.78 Å². The van der Waals surface area contributed by atoms with Crippen LogP contribution in [0.25, 0.3) is 0 Å². The van der Waals surface area contributed by atoms with Crippen molar-refractivity contribution in [1.82, 2.24) is 9.78 Å². The number of hydrogen-bond donors (Lipinski definition) is 0. The first-order valence-electron chi connectivity index (χ1n) is 4.80. The Labute approximate surface area is 77.7 Å². The molecule has 1 aromatic heterocycles. The lowest BCUT2D eigenvalue weighted by atomic mass is 9.99. The third-order valence-electron chi connectivity index (χ3n) is 2.72. The van der Waals surface area contributed by atoms with Crippen LogP contribution in [0.1, 0.15) is 36.0 Å². The van der Waals surface area contributed by atoms with Gasteiger partial charge in [0, 0.05) is 19.2 Å². The summed E-state index contributed by atoms with van der Waals surface area (Å²) in [6, 6.07) is 0. The van der Waals surface area contributed by atoms with Gasteiger partial charge in [-0.2, -0.15) is 5.10 Å². The van der Waals surface area contributed by atoms with Gasteiger partial charge in [-0.05, 0) is 12.8 Å². The van der Waals surface area contributed by atoms with Crippen LogP contribution in [-0.2, 0) is 7.05 Å². The molecule has 0 N–H and O–H groups in total. The number of nitrogens with zero attached hydrogens (tertiary/aromatic N) is 2. The summed E-state index contributed by atoms with van der Waals surface area (Å²) in [7, 11) is 1.84. The maximum atomic E-state index is 11.8. The predicted octanol–water partition coefficient (Wildman–Crippen LogP) is 1.79. The molecule has 0 bridgehead atoms. The molecule has 13 heavy (non-hydrogen) atoms. The molecule has 1 aliphatic rings. The number of ketones is 1. The number of aromatic nitrogens is 2. The summed E-state index contributed by atoms with van der Waals surface area (Å²) < 4.78 is 1.68. The lowest BCUT2D eigenvalue weighted by molar-refractivity contribution is 0.0923. The number of carbonyl (C=O) groups is 1. The Bertz CT molecular complexity index is 310. The largest absolute Gasteiger partial charge is 0.294 e. The Balaban J connectivity index is 2.12. The van der Waals surface area contributed by atoms with E-state index in [4.69, 9.17) is 0 Å². The van der Waals surface area contributed by atoms with E-state index in [-0.39, 0.29) is 11.7 Å². The standard InChI is InChI=1S/C10H14N2O/c1-12-7-9(6-11-12)10(13)8-4-2-3-5-8/h6-8H,2-5H2,1H3. The Morgan fingerprint density at radius 2 is 2.23 bits per heavy atom. The van der Waals surface area contributed by atoms with Crippen LogP contribution in [0.3, 0.4) is 0 Å². The number of aryl methyl sites for hydroxylation is 1. The van der Waals surface area contributed by atoms with Gasteiger partial charge in [-0.25, -0.2) is 0 Å². The smallest absolute Gasteiger partial charge is 0.169 e. The van der Waals surface area contributed by atoms with Crippen LogP contribution < -0.4 is 0 Å². The minimum absolute atomic E-state index is 0.268. The lowest BCUT2D eigenvalue weighted by Crippen LogP contribution is -2.09. The SMILES string of the molecule is Cn1cc(C(=O)C2CCCC2)cn1. The molecule has 1 aromatic rings. The van der Waals surface area contributed by atoms with Gasteiger partial charge in [-0.15, -0.1) is 0 Å². The van der Waals surface area contributed by atoms with Crippen molar-refractivity contribution in [3.8, 4) is 0 Å². The average Bonchev–Trinajstić information content (AvgIpc) is 2.72. The van der Waals surface area contributed by atoms with Crippen molar-refractivity contribution in [2.45, 2.75) is 25.7 Å². The first kappa shape index (κ1) is 8.48. The molecule has 0 spiro atoms. The second kappa shape index (κ2) is 3.32. The van der Waals surface area contributed by atoms with Crippen molar-refractivity contribution in [2.75, 3.05) is 0 Å². The second-order valence-electron chi connectivity index (χ2n) is 3.75. The highest BCUT2D eigenvalue weighted by Gasteiger charge is 2.24. The Hall–Kier alpha value is -1.12. The van der Waals surface area contributed by atoms with Crippen LogP contribution in [0.5, 0.6) is 0 Å². The van der Waals surface area contributed by atoms with Crippen molar-refractivity contribution < 1.29 is 4.79 Å². The molecule has 0 aromatic carbocycles. The second-order valence-corrected chi connectivity index (χ2v) is 3.75. The summed E-state index contributed by atoms with van der Waals surface area (Å²) in [5, 5.41) is 4.00. The van der Waals surface area contributed by atoms with Crippen LogP contribution in [0, 0.1) is 5.92 Å². The minimum atomic E-state index is 0.268. The fraction of sp³-hybridized carbons (Fsp3) is 0.600. The van der Waals surface area contributed by atoms with E-state index in [0.717, 1.165) is 18.4 Å². The Kier molecular flexibility index (Phi) is 2.17. The predicted molar refractivity (Wildman–Crippen MR) is 49.5 cm³/mol. The maximum absolute atomic E-state index is 11.8. The monoisotopic (exact) mass is 178 g/mol. The number of Topliss-reactive ketones (excluding diaryl/α,β-unsaturated/α-hetero) is 1. The van der Waals surface area contributed by atoms with Crippen molar-refractivity contribution in [3.05, 3.63) is 18.0 Å². The summed E-state index contributed by atoms with van der Waals surface area (Å²) in [6.45, 7) is 0. The third kappa shape index (κ3) is 1.64. The lowest BCUT2D eigenvalue weighted by Gasteiger charge is -2.04. The Morgan fingerprint density at radius 3 is 2.77 bits per heavy atom. The number of hydrogen-bond acceptors (Lipinski definition) is 2. The molecule has 0 aliphatic heterocycles. The molecule has 0 unspecified atom stereocenters. The highest BCUT2D eigenvalue weighted by atomic mass is 16.1. The van der Waals surface area contributed by atoms with Crippen LogP contribution in [0.15, 0.2) is 12.4 Å². The van der Waals surface area contributed by atoms with Gasteiger partial charge < -0.3 is 0 Å². The summed E-state index contributed by atoms with van der Waals surface area (Å²) in [5.41, 5.74) is 0.773. The first-order valence-corrected chi connectivity index (χ1v) is 4.80. The number of rotatable bonds is 2. The molecule has 1 saturated carbocycles. The average molecular weight is 178 g/mol. The van der Waals surface area contributed by atoms with E-state index < -0.39 is 0 Å². The van der Waals surface area contributed by atoms with Gasteiger partial charge in [0.2, 0.25) is 0 Å². The van der Waals surface area contributed by atoms with Crippen molar-refractivity contribution >= 4 is 5.78 Å². The molecule has 0 saturated heterocycles. The molecule has 1 aliphatic carbocycles. The number of carbonyl (C=O) groups excluding carboxylic acids is 1. The molecule has 70 valence electrons. The third-order valence-corrected chi connectivity index (χ3v) is 2.72. The minimum Gasteiger partial charge on any atom is -0.294 e. The van der Waals surface area contributed by atoms with Crippen LogP contribution >= 0.6 is 0 Å². The van der Waals surface area contributed by atoms with Crippen molar-refractivity contribution in [2.24, 2.45) is 13.0 Å². The highest BCUT2D eigenvalue weighted by Crippen LogP contribution is 2.27. The van der Waals surface area contributed by atoms with Gasteiger partial charge >= 0.3 is 0 Å². The van der Waals surface area contributed by atoms with Gasteiger partial charge in [0.1, 0.15) is 0 Å². The topological polar surface area (TPSA) is 34.9 Å². The molecule has 2 rings (SSSR count). The quantitative estimate of drug-likeness (QED) is 0.647. The molecule has 0 atom stereocenters. The normalized spacial score (nSPS) is 17.9. The summed E-state index contributed by atoms with van der Waals surface area (Å²) in [4.78, 5) is 11.8. The van der Waals surface area contributed by atoms with Gasteiger partial charge in [-0.3, -0.25) is 9.48 Å². The summed E-state index contributed by atoms with van der Waals surface area (Å²) in [6.07, 6.45) is 8.01. The Morgan fingerprint density at radius 1 is 1.54 bits per heavy atom. The van der Waals surface area contributed by atoms with E-state index >= 15 is 0 Å². The zero-order valence-electron chi connectivity index (χ0n) is 7.86. The molecule has 3 heteroatoms. The van der Waals surface area contributed by atoms with Crippen molar-refractivity contribution in [1.29, 1.82) is 0 Å². The van der Waals surface area contributed by atoms with Crippen LogP contribution in [-0.4, -0.2) is 15.6 Å². The van der Waals surface area contributed by atoms with Crippen LogP contribution in [0.4, 0.5) is 0 Å². The molecule has 1 heterocycles. The molecular weight excluding hydrogens is 164 g/mol. The molecule has 0 amide bonds. The van der Waals surface area contributed by atoms with Crippen LogP contribution in [0.2, 0.25) is 0 Å². The van der Waals surface area contributed by atoms with Gasteiger partial charge in [-0.1, -0.05) is 12.8 Å². The van der Waals surface area contributed by atoms with E-state index in [2.05, 4.69) is 5.10 Å². The van der Waals surface area contributed by atoms with Crippen molar-refractivity contribution in [3.63, 3.8) is 0 Å². The maximum Gasteiger partial charge on any atom is 0.169 e. The summed E-state index contributed by atoms with van der Waals surface area (Å²) in [5.74, 6) is 0.551. The molecular formula is C10H14N2O. The zero-order valence-corrected chi connectivity index (χ0v) is 7.86.